The Hall–Kier alpha value is -1.88. The van der Waals surface area contributed by atoms with E-state index in [4.69, 9.17) is 5.73 Å². The Kier molecular flexibility index (Phi) is 7.46. The lowest BCUT2D eigenvalue weighted by molar-refractivity contribution is -0.116. The van der Waals surface area contributed by atoms with Crippen molar-refractivity contribution >= 4 is 23.2 Å². The van der Waals surface area contributed by atoms with Crippen LogP contribution in [0.5, 0.6) is 0 Å². The van der Waals surface area contributed by atoms with Crippen molar-refractivity contribution in [2.75, 3.05) is 17.2 Å². The van der Waals surface area contributed by atoms with Gasteiger partial charge in [-0.3, -0.25) is 9.59 Å². The van der Waals surface area contributed by atoms with E-state index in [-0.39, 0.29) is 11.8 Å². The van der Waals surface area contributed by atoms with Gasteiger partial charge in [0.15, 0.2) is 0 Å². The Morgan fingerprint density at radius 1 is 1.10 bits per heavy atom. The van der Waals surface area contributed by atoms with E-state index in [0.717, 1.165) is 30.5 Å². The molecule has 0 saturated heterocycles. The summed E-state index contributed by atoms with van der Waals surface area (Å²) in [6.07, 6.45) is 3.68. The van der Waals surface area contributed by atoms with E-state index in [1.54, 1.807) is 13.0 Å². The zero-order valence-electron chi connectivity index (χ0n) is 12.9. The first kappa shape index (κ1) is 17.2. The Balaban J connectivity index is 2.58. The number of amides is 2. The molecule has 0 atom stereocenters. The second-order valence-electron chi connectivity index (χ2n) is 5.08. The van der Waals surface area contributed by atoms with Gasteiger partial charge in [0.1, 0.15) is 0 Å². The molecule has 0 aliphatic carbocycles. The van der Waals surface area contributed by atoms with E-state index < -0.39 is 0 Å². The summed E-state index contributed by atoms with van der Waals surface area (Å²) in [4.78, 5) is 23.3. The first-order valence-corrected chi connectivity index (χ1v) is 7.47. The van der Waals surface area contributed by atoms with E-state index in [1.165, 1.54) is 0 Å². The second kappa shape index (κ2) is 9.13. The minimum atomic E-state index is -0.0436. The van der Waals surface area contributed by atoms with Crippen LogP contribution in [0, 0.1) is 6.92 Å². The third kappa shape index (κ3) is 6.40. The highest BCUT2D eigenvalue weighted by molar-refractivity contribution is 5.94. The predicted molar refractivity (Wildman–Crippen MR) is 86.3 cm³/mol. The molecule has 1 rings (SSSR count). The van der Waals surface area contributed by atoms with Crippen LogP contribution in [-0.2, 0) is 9.59 Å². The van der Waals surface area contributed by atoms with E-state index in [9.17, 15) is 9.59 Å². The number of unbranched alkanes of at least 4 members (excludes halogenated alkanes) is 2. The maximum atomic E-state index is 11.9. The number of nitrogens with one attached hydrogen (secondary N) is 2. The minimum absolute atomic E-state index is 0.00547. The van der Waals surface area contributed by atoms with Crippen molar-refractivity contribution in [2.24, 2.45) is 5.73 Å². The van der Waals surface area contributed by atoms with E-state index >= 15 is 0 Å². The van der Waals surface area contributed by atoms with Gasteiger partial charge >= 0.3 is 0 Å². The Morgan fingerprint density at radius 2 is 1.86 bits per heavy atom. The van der Waals surface area contributed by atoms with Gasteiger partial charge in [0.05, 0.1) is 0 Å². The predicted octanol–water partition coefficient (Wildman–Crippen LogP) is 2.80. The highest BCUT2D eigenvalue weighted by Gasteiger charge is 2.07. The molecular formula is C16H25N3O2. The maximum absolute atomic E-state index is 11.9. The van der Waals surface area contributed by atoms with Gasteiger partial charge in [0.25, 0.3) is 0 Å². The van der Waals surface area contributed by atoms with Crippen molar-refractivity contribution in [3.8, 4) is 0 Å². The molecular weight excluding hydrogens is 266 g/mol. The summed E-state index contributed by atoms with van der Waals surface area (Å²) in [6, 6.07) is 5.51. The number of hydrogen-bond acceptors (Lipinski definition) is 3. The zero-order chi connectivity index (χ0) is 15.7. The summed E-state index contributed by atoms with van der Waals surface area (Å²) in [7, 11) is 0. The fraction of sp³-hybridized carbons (Fsp3) is 0.500. The number of hydrogen-bond donors (Lipinski definition) is 3. The third-order valence-corrected chi connectivity index (χ3v) is 3.22. The molecule has 0 bridgehead atoms. The molecule has 1 aromatic rings. The van der Waals surface area contributed by atoms with Crippen LogP contribution in [0.1, 0.15) is 44.6 Å². The summed E-state index contributed by atoms with van der Waals surface area (Å²) in [6.45, 7) is 4.39. The van der Waals surface area contributed by atoms with Crippen LogP contribution >= 0.6 is 0 Å². The van der Waals surface area contributed by atoms with Crippen molar-refractivity contribution in [2.45, 2.75) is 46.0 Å². The first-order chi connectivity index (χ1) is 10.1. The van der Waals surface area contributed by atoms with Crippen LogP contribution in [0.4, 0.5) is 11.4 Å². The monoisotopic (exact) mass is 291 g/mol. The van der Waals surface area contributed by atoms with Crippen molar-refractivity contribution in [3.63, 3.8) is 0 Å². The van der Waals surface area contributed by atoms with E-state index in [1.807, 2.05) is 19.1 Å². The van der Waals surface area contributed by atoms with Crippen LogP contribution in [0.25, 0.3) is 0 Å². The van der Waals surface area contributed by atoms with Gasteiger partial charge in [-0.25, -0.2) is 0 Å². The fourth-order valence-electron chi connectivity index (χ4n) is 1.90. The summed E-state index contributed by atoms with van der Waals surface area (Å²) in [5.41, 5.74) is 7.84. The summed E-state index contributed by atoms with van der Waals surface area (Å²) < 4.78 is 0. The maximum Gasteiger partial charge on any atom is 0.224 e. The SMILES string of the molecule is CCC(=O)Nc1ccc(C)c(NC(=O)CCCCCN)c1. The molecule has 1 aromatic carbocycles. The molecule has 21 heavy (non-hydrogen) atoms. The molecule has 4 N–H and O–H groups in total. The molecule has 116 valence electrons. The molecule has 5 heteroatoms. The van der Waals surface area contributed by atoms with E-state index in [0.29, 0.717) is 25.1 Å². The van der Waals surface area contributed by atoms with Gasteiger partial charge in [-0.05, 0) is 44.0 Å². The number of carbonyl (C=O) groups is 2. The van der Waals surface area contributed by atoms with Crippen LogP contribution in [0.2, 0.25) is 0 Å². The molecule has 0 saturated carbocycles. The fourth-order valence-corrected chi connectivity index (χ4v) is 1.90. The Labute approximate surface area is 126 Å². The number of nitrogens with two attached hydrogens (primary N) is 1. The lowest BCUT2D eigenvalue weighted by atomic mass is 10.1. The highest BCUT2D eigenvalue weighted by atomic mass is 16.2. The van der Waals surface area contributed by atoms with Gasteiger partial charge < -0.3 is 16.4 Å². The summed E-state index contributed by atoms with van der Waals surface area (Å²) in [5, 5.41) is 5.69. The highest BCUT2D eigenvalue weighted by Crippen LogP contribution is 2.21. The van der Waals surface area contributed by atoms with Gasteiger partial charge in [-0.15, -0.1) is 0 Å². The largest absolute Gasteiger partial charge is 0.330 e. The number of aryl methyl sites for hydroxylation is 1. The smallest absolute Gasteiger partial charge is 0.224 e. The number of anilines is 2. The quantitative estimate of drug-likeness (QED) is 0.644. The Morgan fingerprint density at radius 3 is 2.52 bits per heavy atom. The lowest BCUT2D eigenvalue weighted by Crippen LogP contribution is -2.14. The van der Waals surface area contributed by atoms with Gasteiger partial charge in [-0.2, -0.15) is 0 Å². The Bertz CT molecular complexity index is 486. The number of benzene rings is 1. The first-order valence-electron chi connectivity index (χ1n) is 7.47. The van der Waals surface area contributed by atoms with Crippen LogP contribution in [0.15, 0.2) is 18.2 Å². The van der Waals surface area contributed by atoms with Crippen molar-refractivity contribution in [3.05, 3.63) is 23.8 Å². The number of rotatable bonds is 8. The van der Waals surface area contributed by atoms with E-state index in [2.05, 4.69) is 10.6 Å². The topological polar surface area (TPSA) is 84.2 Å². The molecule has 0 fully saturated rings. The molecule has 0 unspecified atom stereocenters. The lowest BCUT2D eigenvalue weighted by Gasteiger charge is -2.11. The second-order valence-corrected chi connectivity index (χ2v) is 5.08. The number of carbonyl (C=O) groups excluding carboxylic acids is 2. The van der Waals surface area contributed by atoms with Crippen LogP contribution in [0.3, 0.4) is 0 Å². The standard InChI is InChI=1S/C16H25N3O2/c1-3-15(20)18-13-9-8-12(2)14(11-13)19-16(21)7-5-4-6-10-17/h8-9,11H,3-7,10,17H2,1-2H3,(H,18,20)(H,19,21). The minimum Gasteiger partial charge on any atom is -0.330 e. The van der Waals surface area contributed by atoms with Crippen LogP contribution < -0.4 is 16.4 Å². The molecule has 0 aliphatic rings. The van der Waals surface area contributed by atoms with Crippen molar-refractivity contribution < 1.29 is 9.59 Å². The average molecular weight is 291 g/mol. The van der Waals surface area contributed by atoms with Crippen LogP contribution in [-0.4, -0.2) is 18.4 Å². The summed E-state index contributed by atoms with van der Waals surface area (Å²) >= 11 is 0. The zero-order valence-corrected chi connectivity index (χ0v) is 12.9. The molecule has 0 radical (unpaired) electrons. The van der Waals surface area contributed by atoms with Gasteiger partial charge in [0, 0.05) is 24.2 Å². The van der Waals surface area contributed by atoms with Crippen molar-refractivity contribution in [1.82, 2.24) is 0 Å². The molecule has 0 aliphatic heterocycles. The third-order valence-electron chi connectivity index (χ3n) is 3.22. The molecule has 0 aromatic heterocycles. The molecule has 2 amide bonds. The van der Waals surface area contributed by atoms with Gasteiger partial charge in [-0.1, -0.05) is 19.4 Å². The van der Waals surface area contributed by atoms with Crippen molar-refractivity contribution in [1.29, 1.82) is 0 Å². The average Bonchev–Trinajstić information content (AvgIpc) is 2.47. The normalized spacial score (nSPS) is 10.2. The van der Waals surface area contributed by atoms with Gasteiger partial charge in [0.2, 0.25) is 11.8 Å². The summed E-state index contributed by atoms with van der Waals surface area (Å²) in [5.74, 6) is -0.0491. The molecule has 0 heterocycles. The molecule has 5 nitrogen and oxygen atoms in total. The molecule has 0 spiro atoms.